The molecule has 1 heterocycles. The van der Waals surface area contributed by atoms with Gasteiger partial charge in [0.1, 0.15) is 5.82 Å². The van der Waals surface area contributed by atoms with Crippen LogP contribution in [0.4, 0.5) is 4.39 Å². The van der Waals surface area contributed by atoms with Crippen molar-refractivity contribution in [3.63, 3.8) is 0 Å². The minimum Gasteiger partial charge on any atom is -0.371 e. The van der Waals surface area contributed by atoms with E-state index >= 15 is 0 Å². The summed E-state index contributed by atoms with van der Waals surface area (Å²) in [7, 11) is 0. The first kappa shape index (κ1) is 9.62. The van der Waals surface area contributed by atoms with Crippen molar-refractivity contribution in [2.75, 3.05) is 13.2 Å². The van der Waals surface area contributed by atoms with E-state index < -0.39 is 0 Å². The van der Waals surface area contributed by atoms with Gasteiger partial charge in [0.25, 0.3) is 0 Å². The second-order valence-electron chi connectivity index (χ2n) is 3.69. The van der Waals surface area contributed by atoms with Gasteiger partial charge in [-0.1, -0.05) is 12.1 Å². The van der Waals surface area contributed by atoms with Gasteiger partial charge in [-0.3, -0.25) is 0 Å². The van der Waals surface area contributed by atoms with Crippen LogP contribution in [0.15, 0.2) is 24.3 Å². The Labute approximate surface area is 83.1 Å². The van der Waals surface area contributed by atoms with Gasteiger partial charge in [0.15, 0.2) is 0 Å². The van der Waals surface area contributed by atoms with Gasteiger partial charge >= 0.3 is 0 Å². The summed E-state index contributed by atoms with van der Waals surface area (Å²) in [4.78, 5) is 0. The lowest BCUT2D eigenvalue weighted by Gasteiger charge is -2.28. The summed E-state index contributed by atoms with van der Waals surface area (Å²) in [6, 6.07) is 6.97. The van der Waals surface area contributed by atoms with Crippen LogP contribution in [-0.2, 0) is 4.74 Å². The number of hydrogen-bond acceptors (Lipinski definition) is 2. The molecule has 1 fully saturated rings. The monoisotopic (exact) mass is 195 g/mol. The Kier molecular flexibility index (Phi) is 2.79. The molecule has 2 nitrogen and oxygen atoms in total. The molecule has 2 unspecified atom stereocenters. The zero-order valence-corrected chi connectivity index (χ0v) is 8.16. The van der Waals surface area contributed by atoms with Crippen LogP contribution in [0.3, 0.4) is 0 Å². The highest BCUT2D eigenvalue weighted by Crippen LogP contribution is 2.20. The van der Waals surface area contributed by atoms with E-state index in [-0.39, 0.29) is 11.9 Å². The normalized spacial score (nSPS) is 27.6. The fraction of sp³-hybridized carbons (Fsp3) is 0.455. The average Bonchev–Trinajstić information content (AvgIpc) is 2.19. The molecule has 0 aromatic heterocycles. The van der Waals surface area contributed by atoms with Crippen LogP contribution in [0, 0.1) is 5.82 Å². The van der Waals surface area contributed by atoms with Gasteiger partial charge < -0.3 is 10.1 Å². The highest BCUT2D eigenvalue weighted by molar-refractivity contribution is 5.19. The highest BCUT2D eigenvalue weighted by Gasteiger charge is 2.19. The maximum Gasteiger partial charge on any atom is 0.123 e. The van der Waals surface area contributed by atoms with Crippen LogP contribution in [0.2, 0.25) is 0 Å². The average molecular weight is 195 g/mol. The van der Waals surface area contributed by atoms with E-state index in [2.05, 4.69) is 12.2 Å². The Bertz CT molecular complexity index is 308. The van der Waals surface area contributed by atoms with Crippen molar-refractivity contribution in [3.8, 4) is 0 Å². The first-order valence-corrected chi connectivity index (χ1v) is 4.86. The second kappa shape index (κ2) is 4.07. The molecule has 2 atom stereocenters. The number of benzene rings is 1. The van der Waals surface area contributed by atoms with E-state index in [9.17, 15) is 4.39 Å². The molecule has 1 aromatic rings. The third-order valence-electron chi connectivity index (χ3n) is 2.42. The van der Waals surface area contributed by atoms with Crippen molar-refractivity contribution in [1.29, 1.82) is 0 Å². The first-order valence-electron chi connectivity index (χ1n) is 4.86. The predicted molar refractivity (Wildman–Crippen MR) is 52.6 cm³/mol. The topological polar surface area (TPSA) is 21.3 Å². The molecule has 1 N–H and O–H groups in total. The summed E-state index contributed by atoms with van der Waals surface area (Å²) in [5.41, 5.74) is 0.907. The van der Waals surface area contributed by atoms with Crippen LogP contribution >= 0.6 is 0 Å². The first-order chi connectivity index (χ1) is 6.75. The minimum absolute atomic E-state index is 0.0121. The molecule has 76 valence electrons. The van der Waals surface area contributed by atoms with E-state index in [1.165, 1.54) is 12.1 Å². The molecule has 1 aromatic carbocycles. The van der Waals surface area contributed by atoms with E-state index in [0.29, 0.717) is 12.6 Å². The van der Waals surface area contributed by atoms with E-state index in [1.807, 2.05) is 6.07 Å². The summed E-state index contributed by atoms with van der Waals surface area (Å²) in [6.45, 7) is 3.51. The van der Waals surface area contributed by atoms with Gasteiger partial charge in [-0.05, 0) is 24.6 Å². The molecular weight excluding hydrogens is 181 g/mol. The molecule has 1 saturated heterocycles. The van der Waals surface area contributed by atoms with Crippen molar-refractivity contribution in [3.05, 3.63) is 35.6 Å². The van der Waals surface area contributed by atoms with Crippen LogP contribution < -0.4 is 5.32 Å². The maximum atomic E-state index is 12.9. The van der Waals surface area contributed by atoms with Crippen molar-refractivity contribution >= 4 is 0 Å². The molecule has 0 amide bonds. The second-order valence-corrected chi connectivity index (χ2v) is 3.69. The summed E-state index contributed by atoms with van der Waals surface area (Å²) >= 11 is 0. The fourth-order valence-corrected chi connectivity index (χ4v) is 1.61. The quantitative estimate of drug-likeness (QED) is 0.738. The van der Waals surface area contributed by atoms with E-state index in [1.54, 1.807) is 6.07 Å². The lowest BCUT2D eigenvalue weighted by atomic mass is 10.1. The van der Waals surface area contributed by atoms with Crippen LogP contribution in [0.1, 0.15) is 18.6 Å². The summed E-state index contributed by atoms with van der Waals surface area (Å²) in [5, 5.41) is 3.30. The predicted octanol–water partition coefficient (Wildman–Crippen LogP) is 1.88. The number of nitrogens with one attached hydrogen (secondary N) is 1. The van der Waals surface area contributed by atoms with Crippen molar-refractivity contribution < 1.29 is 9.13 Å². The molecule has 0 aliphatic carbocycles. The zero-order valence-electron chi connectivity index (χ0n) is 8.16. The molecule has 0 saturated carbocycles. The van der Waals surface area contributed by atoms with Crippen molar-refractivity contribution in [1.82, 2.24) is 5.32 Å². The number of hydrogen-bond donors (Lipinski definition) is 1. The van der Waals surface area contributed by atoms with Gasteiger partial charge in [0, 0.05) is 12.6 Å². The number of rotatable bonds is 1. The lowest BCUT2D eigenvalue weighted by Crippen LogP contribution is -2.40. The third-order valence-corrected chi connectivity index (χ3v) is 2.42. The summed E-state index contributed by atoms with van der Waals surface area (Å²) < 4.78 is 18.5. The lowest BCUT2D eigenvalue weighted by molar-refractivity contribution is 0.00680. The molecular formula is C11H14FNO. The van der Waals surface area contributed by atoms with Crippen molar-refractivity contribution in [2.24, 2.45) is 0 Å². The zero-order chi connectivity index (χ0) is 9.97. The number of halogens is 1. The van der Waals surface area contributed by atoms with Crippen LogP contribution in [0.5, 0.6) is 0 Å². The Balaban J connectivity index is 2.08. The fourth-order valence-electron chi connectivity index (χ4n) is 1.61. The molecule has 2 rings (SSSR count). The van der Waals surface area contributed by atoms with Gasteiger partial charge in [-0.25, -0.2) is 4.39 Å². The Hall–Kier alpha value is -0.930. The largest absolute Gasteiger partial charge is 0.371 e. The molecule has 1 aliphatic rings. The van der Waals surface area contributed by atoms with Gasteiger partial charge in [0.05, 0.1) is 12.7 Å². The summed E-state index contributed by atoms with van der Waals surface area (Å²) in [5.74, 6) is -0.204. The molecule has 0 bridgehead atoms. The third kappa shape index (κ3) is 2.11. The Morgan fingerprint density at radius 3 is 3.00 bits per heavy atom. The summed E-state index contributed by atoms with van der Waals surface area (Å²) in [6.07, 6.45) is -0.0121. The Morgan fingerprint density at radius 1 is 1.50 bits per heavy atom. The van der Waals surface area contributed by atoms with Crippen molar-refractivity contribution in [2.45, 2.75) is 19.1 Å². The minimum atomic E-state index is -0.204. The molecule has 14 heavy (non-hydrogen) atoms. The number of morpholine rings is 1. The highest BCUT2D eigenvalue weighted by atomic mass is 19.1. The molecule has 0 spiro atoms. The maximum absolute atomic E-state index is 12.9. The van der Waals surface area contributed by atoms with E-state index in [0.717, 1.165) is 12.1 Å². The van der Waals surface area contributed by atoms with Gasteiger partial charge in [-0.15, -0.1) is 0 Å². The smallest absolute Gasteiger partial charge is 0.123 e. The van der Waals surface area contributed by atoms with Gasteiger partial charge in [0.2, 0.25) is 0 Å². The SMILES string of the molecule is CC1COC(c2cccc(F)c2)CN1. The number of ether oxygens (including phenoxy) is 1. The standard InChI is InChI=1S/C11H14FNO/c1-8-7-14-11(6-13-8)9-3-2-4-10(12)5-9/h2-5,8,11,13H,6-7H2,1H3. The molecule has 0 radical (unpaired) electrons. The molecule has 3 heteroatoms. The van der Waals surface area contributed by atoms with Crippen LogP contribution in [-0.4, -0.2) is 19.2 Å². The van der Waals surface area contributed by atoms with Crippen LogP contribution in [0.25, 0.3) is 0 Å². The molecule has 1 aliphatic heterocycles. The Morgan fingerprint density at radius 2 is 2.36 bits per heavy atom. The van der Waals surface area contributed by atoms with E-state index in [4.69, 9.17) is 4.74 Å². The van der Waals surface area contributed by atoms with Gasteiger partial charge in [-0.2, -0.15) is 0 Å².